The lowest BCUT2D eigenvalue weighted by atomic mass is 9.96. The molecule has 0 saturated carbocycles. The Labute approximate surface area is 162 Å². The summed E-state index contributed by atoms with van der Waals surface area (Å²) in [7, 11) is -3.65. The molecule has 1 atom stereocenters. The Morgan fingerprint density at radius 2 is 1.78 bits per heavy atom. The smallest absolute Gasteiger partial charge is 0.276 e. The highest BCUT2D eigenvalue weighted by molar-refractivity contribution is 7.86. The fourth-order valence-electron chi connectivity index (χ4n) is 4.15. The molecule has 1 amide bonds. The van der Waals surface area contributed by atoms with Gasteiger partial charge in [0.25, 0.3) is 10.2 Å². The van der Waals surface area contributed by atoms with E-state index in [1.54, 1.807) is 0 Å². The van der Waals surface area contributed by atoms with Crippen LogP contribution in [0.2, 0.25) is 0 Å². The van der Waals surface area contributed by atoms with Crippen molar-refractivity contribution < 1.29 is 13.2 Å². The van der Waals surface area contributed by atoms with Gasteiger partial charge < -0.3 is 4.90 Å². The minimum Gasteiger partial charge on any atom is -0.338 e. The Bertz CT molecular complexity index is 733. The highest BCUT2D eigenvalue weighted by Crippen LogP contribution is 2.23. The number of carbonyl (C=O) groups excluding carboxylic acids is 1. The molecule has 1 aromatic carbocycles. The molecule has 7 nitrogen and oxygen atoms in total. The van der Waals surface area contributed by atoms with Crippen molar-refractivity contribution in [1.29, 1.82) is 0 Å². The average Bonchev–Trinajstić information content (AvgIpc) is 2.82. The molecule has 2 fully saturated rings. The first kappa shape index (κ1) is 20.3. The molecule has 8 heteroatoms. The van der Waals surface area contributed by atoms with Gasteiger partial charge >= 0.3 is 0 Å². The zero-order chi connectivity index (χ0) is 19.4. The topological polar surface area (TPSA) is 86.9 Å². The van der Waals surface area contributed by atoms with Gasteiger partial charge in [0, 0.05) is 51.2 Å². The summed E-state index contributed by atoms with van der Waals surface area (Å²) in [4.78, 5) is 17.5. The SMILES string of the molecule is CC1CN(Cc2ccccc2)CCCN1C(=O)C1CCN(S(N)(=O)=O)CC1. The number of hydrogen-bond acceptors (Lipinski definition) is 4. The van der Waals surface area contributed by atoms with Crippen LogP contribution in [0.1, 0.15) is 31.7 Å². The zero-order valence-corrected chi connectivity index (χ0v) is 16.8. The highest BCUT2D eigenvalue weighted by Gasteiger charge is 2.34. The number of carbonyl (C=O) groups is 1. The summed E-state index contributed by atoms with van der Waals surface area (Å²) in [6, 6.07) is 10.6. The normalized spacial score (nSPS) is 23.9. The van der Waals surface area contributed by atoms with Gasteiger partial charge in [0.15, 0.2) is 0 Å². The molecule has 3 rings (SSSR count). The number of benzene rings is 1. The molecule has 0 radical (unpaired) electrons. The third kappa shape index (κ3) is 5.28. The second-order valence-electron chi connectivity index (χ2n) is 7.67. The molecule has 2 N–H and O–H groups in total. The summed E-state index contributed by atoms with van der Waals surface area (Å²) >= 11 is 0. The van der Waals surface area contributed by atoms with Crippen molar-refractivity contribution >= 4 is 16.1 Å². The van der Waals surface area contributed by atoms with Crippen molar-refractivity contribution in [2.45, 2.75) is 38.8 Å². The zero-order valence-electron chi connectivity index (χ0n) is 16.0. The van der Waals surface area contributed by atoms with E-state index in [9.17, 15) is 13.2 Å². The summed E-state index contributed by atoms with van der Waals surface area (Å²) in [5.74, 6) is 0.0595. The van der Waals surface area contributed by atoms with E-state index in [4.69, 9.17) is 5.14 Å². The summed E-state index contributed by atoms with van der Waals surface area (Å²) in [6.45, 7) is 6.28. The molecule has 1 unspecified atom stereocenters. The third-order valence-corrected chi connectivity index (χ3v) is 6.71. The first-order chi connectivity index (χ1) is 12.8. The minimum atomic E-state index is -3.65. The minimum absolute atomic E-state index is 0.105. The lowest BCUT2D eigenvalue weighted by Gasteiger charge is -2.35. The number of nitrogens with zero attached hydrogens (tertiary/aromatic N) is 3. The lowest BCUT2D eigenvalue weighted by Crippen LogP contribution is -2.49. The molecule has 150 valence electrons. The lowest BCUT2D eigenvalue weighted by molar-refractivity contribution is -0.138. The van der Waals surface area contributed by atoms with E-state index in [2.05, 4.69) is 36.1 Å². The van der Waals surface area contributed by atoms with Gasteiger partial charge in [-0.25, -0.2) is 5.14 Å². The van der Waals surface area contributed by atoms with Crippen molar-refractivity contribution in [2.75, 3.05) is 32.7 Å². The average molecular weight is 395 g/mol. The molecule has 2 aliphatic rings. The number of rotatable bonds is 4. The van der Waals surface area contributed by atoms with Crippen LogP contribution in [-0.4, -0.2) is 67.2 Å². The van der Waals surface area contributed by atoms with E-state index in [1.165, 1.54) is 9.87 Å². The van der Waals surface area contributed by atoms with E-state index in [-0.39, 0.29) is 17.9 Å². The van der Waals surface area contributed by atoms with Gasteiger partial charge in [-0.05, 0) is 31.7 Å². The predicted octanol–water partition coefficient (Wildman–Crippen LogP) is 1.02. The van der Waals surface area contributed by atoms with E-state index in [0.29, 0.717) is 25.9 Å². The number of hydrogen-bond donors (Lipinski definition) is 1. The molecule has 2 saturated heterocycles. The fourth-order valence-corrected chi connectivity index (χ4v) is 4.87. The van der Waals surface area contributed by atoms with Crippen molar-refractivity contribution in [2.24, 2.45) is 11.1 Å². The molecule has 1 aromatic rings. The van der Waals surface area contributed by atoms with Gasteiger partial charge in [-0.15, -0.1) is 0 Å². The van der Waals surface area contributed by atoms with Gasteiger partial charge in [0.05, 0.1) is 0 Å². The van der Waals surface area contributed by atoms with Crippen molar-refractivity contribution in [3.63, 3.8) is 0 Å². The van der Waals surface area contributed by atoms with E-state index in [0.717, 1.165) is 32.6 Å². The van der Waals surface area contributed by atoms with Crippen LogP contribution in [0.15, 0.2) is 30.3 Å². The molecule has 0 bridgehead atoms. The van der Waals surface area contributed by atoms with E-state index >= 15 is 0 Å². The Balaban J connectivity index is 1.56. The second-order valence-corrected chi connectivity index (χ2v) is 9.22. The van der Waals surface area contributed by atoms with Crippen molar-refractivity contribution in [3.05, 3.63) is 35.9 Å². The van der Waals surface area contributed by atoms with Gasteiger partial charge in [0.2, 0.25) is 5.91 Å². The molecule has 0 aromatic heterocycles. The van der Waals surface area contributed by atoms with E-state index < -0.39 is 10.2 Å². The van der Waals surface area contributed by atoms with Crippen molar-refractivity contribution in [3.8, 4) is 0 Å². The van der Waals surface area contributed by atoms with Gasteiger partial charge in [0.1, 0.15) is 0 Å². The Morgan fingerprint density at radius 3 is 2.41 bits per heavy atom. The number of piperidine rings is 1. The maximum atomic E-state index is 13.0. The first-order valence-electron chi connectivity index (χ1n) is 9.69. The first-order valence-corrected chi connectivity index (χ1v) is 11.2. The molecule has 0 aliphatic carbocycles. The predicted molar refractivity (Wildman–Crippen MR) is 105 cm³/mol. The van der Waals surface area contributed by atoms with Gasteiger partial charge in [-0.2, -0.15) is 12.7 Å². The Morgan fingerprint density at radius 1 is 1.11 bits per heavy atom. The largest absolute Gasteiger partial charge is 0.338 e. The van der Waals surface area contributed by atoms with Gasteiger partial charge in [-0.3, -0.25) is 9.69 Å². The molecular formula is C19H30N4O3S. The maximum absolute atomic E-state index is 13.0. The van der Waals surface area contributed by atoms with Crippen LogP contribution in [0.4, 0.5) is 0 Å². The quantitative estimate of drug-likeness (QED) is 0.826. The summed E-state index contributed by atoms with van der Waals surface area (Å²) in [5, 5.41) is 5.19. The van der Waals surface area contributed by atoms with Gasteiger partial charge in [-0.1, -0.05) is 30.3 Å². The maximum Gasteiger partial charge on any atom is 0.276 e. The van der Waals surface area contributed by atoms with Crippen LogP contribution >= 0.6 is 0 Å². The number of amides is 1. The standard InChI is InChI=1S/C19H30N4O3S/c1-16-14-21(15-17-6-3-2-4-7-17)10-5-11-23(16)19(24)18-8-12-22(13-9-18)27(20,25)26/h2-4,6-7,16,18H,5,8-15H2,1H3,(H2,20,25,26). The number of nitrogens with two attached hydrogens (primary N) is 1. The Hall–Kier alpha value is -1.48. The highest BCUT2D eigenvalue weighted by atomic mass is 32.2. The summed E-state index contributed by atoms with van der Waals surface area (Å²) < 4.78 is 24.2. The van der Waals surface area contributed by atoms with E-state index in [1.807, 2.05) is 11.0 Å². The molecule has 27 heavy (non-hydrogen) atoms. The monoisotopic (exact) mass is 394 g/mol. The Kier molecular flexibility index (Phi) is 6.52. The van der Waals surface area contributed by atoms with Crippen LogP contribution in [0.3, 0.4) is 0 Å². The molecular weight excluding hydrogens is 364 g/mol. The molecule has 2 heterocycles. The third-order valence-electron chi connectivity index (χ3n) is 5.62. The van der Waals surface area contributed by atoms with Crippen LogP contribution in [0.5, 0.6) is 0 Å². The fraction of sp³-hybridized carbons (Fsp3) is 0.632. The second kappa shape index (κ2) is 8.68. The van der Waals surface area contributed by atoms with Crippen LogP contribution < -0.4 is 5.14 Å². The van der Waals surface area contributed by atoms with Crippen molar-refractivity contribution in [1.82, 2.24) is 14.1 Å². The summed E-state index contributed by atoms with van der Waals surface area (Å²) in [6.07, 6.45) is 2.05. The molecule has 0 spiro atoms. The van der Waals surface area contributed by atoms with Crippen LogP contribution in [-0.2, 0) is 21.5 Å². The van der Waals surface area contributed by atoms with Crippen LogP contribution in [0, 0.1) is 5.92 Å². The van der Waals surface area contributed by atoms with Crippen LogP contribution in [0.25, 0.3) is 0 Å². The molecule has 2 aliphatic heterocycles. The summed E-state index contributed by atoms with van der Waals surface area (Å²) in [5.41, 5.74) is 1.29.